The largest absolute Gasteiger partial charge is 0.512 e. The van der Waals surface area contributed by atoms with Crippen molar-refractivity contribution in [1.82, 2.24) is 9.97 Å². The number of fused-ring (bicyclic) bond motifs is 1. The minimum Gasteiger partial charge on any atom is -0.512 e. The summed E-state index contributed by atoms with van der Waals surface area (Å²) in [6.45, 7) is 2.85. The number of rotatable bonds is 3. The molecule has 0 aliphatic heterocycles. The summed E-state index contributed by atoms with van der Waals surface area (Å²) in [4.78, 5) is 19.1. The topological polar surface area (TPSA) is 63.1 Å². The third-order valence-corrected chi connectivity index (χ3v) is 4.06. The van der Waals surface area contributed by atoms with Crippen molar-refractivity contribution in [2.24, 2.45) is 0 Å². The first-order valence-corrected chi connectivity index (χ1v) is 9.20. The van der Waals surface area contributed by atoms with Crippen molar-refractivity contribution in [3.05, 3.63) is 96.9 Å². The normalized spacial score (nSPS) is 10.5. The van der Waals surface area contributed by atoms with Gasteiger partial charge >= 0.3 is 0 Å². The third kappa shape index (κ3) is 6.44. The zero-order valence-corrected chi connectivity index (χ0v) is 19.1. The second kappa shape index (κ2) is 11.1. The molecule has 1 N–H and O–H groups in total. The Balaban J connectivity index is 0.000000350. The number of carbonyl (C=O) groups is 1. The quantitative estimate of drug-likeness (QED) is 0.191. The summed E-state index contributed by atoms with van der Waals surface area (Å²) >= 11 is 0. The second-order valence-electron chi connectivity index (χ2n) is 6.49. The molecule has 153 valence electrons. The number of pyridine rings is 2. The van der Waals surface area contributed by atoms with E-state index in [2.05, 4.69) is 29.2 Å². The van der Waals surface area contributed by atoms with Crippen LogP contribution < -0.4 is 0 Å². The first-order chi connectivity index (χ1) is 14.0. The molecule has 0 saturated heterocycles. The smallest absolute Gasteiger partial charge is 0.155 e. The van der Waals surface area contributed by atoms with Crippen LogP contribution in [-0.4, -0.2) is 20.9 Å². The summed E-state index contributed by atoms with van der Waals surface area (Å²) in [5.41, 5.74) is 4.95. The summed E-state index contributed by atoms with van der Waals surface area (Å²) in [6, 6.07) is 27.5. The van der Waals surface area contributed by atoms with Crippen molar-refractivity contribution in [2.75, 3.05) is 0 Å². The fraction of sp³-hybridized carbons (Fsp3) is 0.0800. The average molecular weight is 574 g/mol. The standard InChI is InChI=1S/C20H13N2.C5H8O2.Ir/c1-2-7-19-15(5-1)12-13-20(22-19)17-10-8-16(9-11-17)18-6-3-4-14-21-18;1-4(6)3-5(2)7;/h1-10,12-14H;3,6H,1-2H3;/q-1;;/b;4-3-;. The molecule has 4 rings (SSSR count). The van der Waals surface area contributed by atoms with Gasteiger partial charge in [-0.15, -0.1) is 29.8 Å². The molecule has 5 heteroatoms. The molecule has 0 aliphatic carbocycles. The van der Waals surface area contributed by atoms with Gasteiger partial charge in [0.2, 0.25) is 0 Å². The van der Waals surface area contributed by atoms with Crippen LogP contribution in [0.4, 0.5) is 0 Å². The maximum atomic E-state index is 10.0. The SMILES string of the molecule is CC(=O)/C=C(/C)O.[Ir].[c-]1cc(-c2ccccn2)ccc1-c1ccc2ccccc2n1. The van der Waals surface area contributed by atoms with E-state index in [9.17, 15) is 4.79 Å². The molecule has 2 aromatic heterocycles. The molecule has 1 radical (unpaired) electrons. The van der Waals surface area contributed by atoms with Crippen LogP contribution in [0, 0.1) is 6.07 Å². The summed E-state index contributed by atoms with van der Waals surface area (Å²) < 4.78 is 0. The van der Waals surface area contributed by atoms with Gasteiger partial charge in [0.05, 0.1) is 11.3 Å². The Labute approximate surface area is 189 Å². The van der Waals surface area contributed by atoms with E-state index < -0.39 is 0 Å². The van der Waals surface area contributed by atoms with E-state index in [1.165, 1.54) is 19.9 Å². The summed E-state index contributed by atoms with van der Waals surface area (Å²) in [5, 5.41) is 9.51. The van der Waals surface area contributed by atoms with E-state index in [0.29, 0.717) is 0 Å². The Morgan fingerprint density at radius 3 is 2.30 bits per heavy atom. The number of nitrogens with zero attached hydrogens (tertiary/aromatic N) is 2. The van der Waals surface area contributed by atoms with Gasteiger partial charge in [-0.2, -0.15) is 0 Å². The van der Waals surface area contributed by atoms with Gasteiger partial charge in [-0.25, -0.2) is 0 Å². The minimum atomic E-state index is -0.125. The van der Waals surface area contributed by atoms with Crippen LogP contribution >= 0.6 is 0 Å². The van der Waals surface area contributed by atoms with Crippen molar-refractivity contribution >= 4 is 16.7 Å². The van der Waals surface area contributed by atoms with Gasteiger partial charge in [0, 0.05) is 38.1 Å². The fourth-order valence-electron chi connectivity index (χ4n) is 2.79. The van der Waals surface area contributed by atoms with Gasteiger partial charge < -0.3 is 5.11 Å². The summed E-state index contributed by atoms with van der Waals surface area (Å²) in [5.74, 6) is -0.0625. The molecular weight excluding hydrogens is 553 g/mol. The molecule has 0 spiro atoms. The van der Waals surface area contributed by atoms with Crippen molar-refractivity contribution in [3.8, 4) is 22.5 Å². The second-order valence-corrected chi connectivity index (χ2v) is 6.49. The van der Waals surface area contributed by atoms with Crippen LogP contribution in [0.25, 0.3) is 33.4 Å². The van der Waals surface area contributed by atoms with Crippen LogP contribution in [0.5, 0.6) is 0 Å². The van der Waals surface area contributed by atoms with E-state index in [-0.39, 0.29) is 31.6 Å². The minimum absolute atomic E-state index is 0. The van der Waals surface area contributed by atoms with Gasteiger partial charge in [0.15, 0.2) is 5.78 Å². The van der Waals surface area contributed by atoms with Crippen LogP contribution in [0.2, 0.25) is 0 Å². The number of allylic oxidation sites excluding steroid dienone is 2. The number of para-hydroxylation sites is 1. The summed E-state index contributed by atoms with van der Waals surface area (Å²) in [7, 11) is 0. The van der Waals surface area contributed by atoms with Crippen molar-refractivity contribution in [1.29, 1.82) is 0 Å². The van der Waals surface area contributed by atoms with Gasteiger partial charge in [-0.1, -0.05) is 42.0 Å². The monoisotopic (exact) mass is 574 g/mol. The maximum Gasteiger partial charge on any atom is 0.155 e. The Morgan fingerprint density at radius 1 is 0.933 bits per heavy atom. The number of hydrogen-bond donors (Lipinski definition) is 1. The van der Waals surface area contributed by atoms with Gasteiger partial charge in [-0.05, 0) is 43.1 Å². The first-order valence-electron chi connectivity index (χ1n) is 9.20. The van der Waals surface area contributed by atoms with Crippen LogP contribution in [-0.2, 0) is 24.9 Å². The predicted molar refractivity (Wildman–Crippen MR) is 116 cm³/mol. The number of aliphatic hydroxyl groups excluding tert-OH is 1. The molecule has 0 amide bonds. The molecule has 0 saturated carbocycles. The summed E-state index contributed by atoms with van der Waals surface area (Å²) in [6.07, 6.45) is 2.97. The van der Waals surface area contributed by atoms with E-state index in [0.717, 1.165) is 33.4 Å². The van der Waals surface area contributed by atoms with Crippen LogP contribution in [0.15, 0.2) is 90.8 Å². The fourth-order valence-corrected chi connectivity index (χ4v) is 2.79. The molecule has 0 unspecified atom stereocenters. The molecule has 0 aliphatic rings. The van der Waals surface area contributed by atoms with Gasteiger partial charge in [0.1, 0.15) is 0 Å². The molecular formula is C25H21IrN2O2-. The number of carbonyl (C=O) groups excluding carboxylic acids is 1. The number of aliphatic hydroxyl groups is 1. The van der Waals surface area contributed by atoms with E-state index in [1.54, 1.807) is 6.20 Å². The molecule has 0 fully saturated rings. The number of ketones is 1. The Kier molecular flexibility index (Phi) is 8.60. The van der Waals surface area contributed by atoms with Crippen LogP contribution in [0.3, 0.4) is 0 Å². The van der Waals surface area contributed by atoms with Crippen molar-refractivity contribution < 1.29 is 30.0 Å². The molecule has 2 aromatic carbocycles. The molecule has 0 bridgehead atoms. The van der Waals surface area contributed by atoms with Crippen molar-refractivity contribution in [2.45, 2.75) is 13.8 Å². The number of benzene rings is 2. The molecule has 30 heavy (non-hydrogen) atoms. The first kappa shape index (κ1) is 23.1. The molecule has 4 aromatic rings. The van der Waals surface area contributed by atoms with E-state index in [1.807, 2.05) is 54.6 Å². The Morgan fingerprint density at radius 2 is 1.70 bits per heavy atom. The zero-order valence-electron chi connectivity index (χ0n) is 16.7. The number of aromatic nitrogens is 2. The van der Waals surface area contributed by atoms with Crippen molar-refractivity contribution in [3.63, 3.8) is 0 Å². The average Bonchev–Trinajstić information content (AvgIpc) is 2.74. The predicted octanol–water partition coefficient (Wildman–Crippen LogP) is 5.80. The zero-order chi connectivity index (χ0) is 20.6. The third-order valence-electron chi connectivity index (χ3n) is 4.06. The Hall–Kier alpha value is -3.14. The maximum absolute atomic E-state index is 10.0. The van der Waals surface area contributed by atoms with E-state index >= 15 is 0 Å². The van der Waals surface area contributed by atoms with Gasteiger partial charge in [-0.3, -0.25) is 14.8 Å². The number of hydrogen-bond acceptors (Lipinski definition) is 4. The molecule has 4 nitrogen and oxygen atoms in total. The molecule has 2 heterocycles. The molecule has 0 atom stereocenters. The van der Waals surface area contributed by atoms with Gasteiger partial charge in [0.25, 0.3) is 0 Å². The van der Waals surface area contributed by atoms with Crippen LogP contribution in [0.1, 0.15) is 13.8 Å². The Bertz CT molecular complexity index is 1140. The van der Waals surface area contributed by atoms with E-state index in [4.69, 9.17) is 10.1 Å².